The third kappa shape index (κ3) is 3.29. The van der Waals surface area contributed by atoms with Crippen molar-refractivity contribution in [3.63, 3.8) is 0 Å². The van der Waals surface area contributed by atoms with Crippen molar-refractivity contribution in [3.8, 4) is 0 Å². The summed E-state index contributed by atoms with van der Waals surface area (Å²) in [4.78, 5) is 21.9. The second kappa shape index (κ2) is 6.53. The first-order valence-corrected chi connectivity index (χ1v) is 6.01. The van der Waals surface area contributed by atoms with E-state index in [1.165, 1.54) is 36.4 Å². The number of carbonyl (C=O) groups excluding carboxylic acids is 1. The summed E-state index contributed by atoms with van der Waals surface area (Å²) in [5, 5.41) is 14.3. The molecule has 2 aromatic carbocycles. The minimum Gasteiger partial charge on any atom is -0.267 e. The van der Waals surface area contributed by atoms with Gasteiger partial charge in [0.15, 0.2) is 11.6 Å². The molecule has 0 spiro atoms. The van der Waals surface area contributed by atoms with Crippen molar-refractivity contribution >= 4 is 17.8 Å². The first kappa shape index (κ1) is 15.2. The molecule has 0 aliphatic rings. The van der Waals surface area contributed by atoms with Crippen LogP contribution in [0.25, 0.3) is 0 Å². The Morgan fingerprint density at radius 3 is 2.64 bits per heavy atom. The largest absolute Gasteiger partial charge is 0.282 e. The minimum atomic E-state index is -1.11. The van der Waals surface area contributed by atoms with Gasteiger partial charge in [0.2, 0.25) is 0 Å². The molecule has 22 heavy (non-hydrogen) atoms. The molecule has 0 bridgehead atoms. The Hall–Kier alpha value is -3.16. The number of rotatable bonds is 4. The maximum atomic E-state index is 13.4. The highest BCUT2D eigenvalue weighted by Gasteiger charge is 2.18. The molecule has 0 fully saturated rings. The van der Waals surface area contributed by atoms with Crippen molar-refractivity contribution in [1.29, 1.82) is 0 Å². The van der Waals surface area contributed by atoms with Crippen molar-refractivity contribution in [2.45, 2.75) is 0 Å². The zero-order chi connectivity index (χ0) is 16.1. The summed E-state index contributed by atoms with van der Waals surface area (Å²) in [6.45, 7) is 0. The monoisotopic (exact) mass is 305 g/mol. The molecule has 0 saturated heterocycles. The van der Waals surface area contributed by atoms with Gasteiger partial charge in [-0.15, -0.1) is 0 Å². The molecule has 0 aromatic heterocycles. The first-order chi connectivity index (χ1) is 10.5. The Balaban J connectivity index is 2.15. The van der Waals surface area contributed by atoms with Gasteiger partial charge >= 0.3 is 0 Å². The topological polar surface area (TPSA) is 84.6 Å². The Morgan fingerprint density at radius 2 is 1.91 bits per heavy atom. The van der Waals surface area contributed by atoms with Crippen LogP contribution in [-0.4, -0.2) is 17.0 Å². The van der Waals surface area contributed by atoms with Gasteiger partial charge in [0.05, 0.1) is 11.1 Å². The van der Waals surface area contributed by atoms with Crippen LogP contribution in [0.4, 0.5) is 14.5 Å². The van der Waals surface area contributed by atoms with Gasteiger partial charge in [-0.05, 0) is 12.1 Å². The molecular formula is C14H9F2N3O3. The third-order valence-corrected chi connectivity index (χ3v) is 2.70. The SMILES string of the molecule is O=C(N/N=C\c1cccc(F)c1F)c1ccccc1[N+](=O)[O-]. The van der Waals surface area contributed by atoms with Crippen LogP contribution >= 0.6 is 0 Å². The molecule has 8 heteroatoms. The lowest BCUT2D eigenvalue weighted by molar-refractivity contribution is -0.385. The van der Waals surface area contributed by atoms with Crippen LogP contribution in [0.3, 0.4) is 0 Å². The number of halogens is 2. The fraction of sp³-hybridized carbons (Fsp3) is 0. The minimum absolute atomic E-state index is 0.164. The van der Waals surface area contributed by atoms with Crippen molar-refractivity contribution in [3.05, 3.63) is 75.3 Å². The number of amides is 1. The van der Waals surface area contributed by atoms with Crippen molar-refractivity contribution < 1.29 is 18.5 Å². The van der Waals surface area contributed by atoms with Crippen LogP contribution in [-0.2, 0) is 0 Å². The van der Waals surface area contributed by atoms with E-state index in [-0.39, 0.29) is 16.8 Å². The molecule has 0 saturated carbocycles. The molecular weight excluding hydrogens is 296 g/mol. The standard InChI is InChI=1S/C14H9F2N3O3/c15-11-6-3-4-9(13(11)16)8-17-18-14(20)10-5-1-2-7-12(10)19(21)22/h1-8H,(H,18,20)/b17-8-. The summed E-state index contributed by atoms with van der Waals surface area (Å²) in [6, 6.07) is 8.79. The lowest BCUT2D eigenvalue weighted by atomic mass is 10.2. The highest BCUT2D eigenvalue weighted by Crippen LogP contribution is 2.17. The molecule has 1 amide bonds. The summed E-state index contributed by atoms with van der Waals surface area (Å²) in [5.41, 5.74) is 1.29. The third-order valence-electron chi connectivity index (χ3n) is 2.70. The molecule has 1 N–H and O–H groups in total. The quantitative estimate of drug-likeness (QED) is 0.535. The van der Waals surface area contributed by atoms with Gasteiger partial charge in [0, 0.05) is 11.6 Å². The van der Waals surface area contributed by atoms with Crippen molar-refractivity contribution in [1.82, 2.24) is 5.43 Å². The van der Waals surface area contributed by atoms with Gasteiger partial charge in [0.1, 0.15) is 5.56 Å². The number of hydrazone groups is 1. The average molecular weight is 305 g/mol. The maximum Gasteiger partial charge on any atom is 0.282 e. The van der Waals surface area contributed by atoms with Crippen molar-refractivity contribution in [2.24, 2.45) is 5.10 Å². The molecule has 112 valence electrons. The Bertz CT molecular complexity index is 763. The highest BCUT2D eigenvalue weighted by atomic mass is 19.2. The van der Waals surface area contributed by atoms with Gasteiger partial charge in [-0.2, -0.15) is 5.10 Å². The summed E-state index contributed by atoms with van der Waals surface area (Å²) < 4.78 is 26.3. The van der Waals surface area contributed by atoms with Crippen LogP contribution in [0, 0.1) is 21.7 Å². The molecule has 2 aromatic rings. The van der Waals surface area contributed by atoms with Gasteiger partial charge in [-0.3, -0.25) is 14.9 Å². The van der Waals surface area contributed by atoms with E-state index < -0.39 is 22.5 Å². The lowest BCUT2D eigenvalue weighted by Gasteiger charge is -2.01. The van der Waals surface area contributed by atoms with E-state index in [9.17, 15) is 23.7 Å². The fourth-order valence-electron chi connectivity index (χ4n) is 1.67. The number of nitro benzene ring substituents is 1. The number of nitro groups is 1. The molecule has 0 atom stereocenters. The van der Waals surface area contributed by atoms with Gasteiger partial charge in [-0.1, -0.05) is 24.3 Å². The molecule has 6 nitrogen and oxygen atoms in total. The summed E-state index contributed by atoms with van der Waals surface area (Å²) in [7, 11) is 0. The number of para-hydroxylation sites is 1. The number of nitrogens with one attached hydrogen (secondary N) is 1. The second-order valence-corrected chi connectivity index (χ2v) is 4.12. The van der Waals surface area contributed by atoms with E-state index in [4.69, 9.17) is 0 Å². The zero-order valence-corrected chi connectivity index (χ0v) is 11.0. The summed E-state index contributed by atoms with van der Waals surface area (Å²) in [5.74, 6) is -2.99. The molecule has 0 radical (unpaired) electrons. The van der Waals surface area contributed by atoms with Crippen LogP contribution in [0.1, 0.15) is 15.9 Å². The van der Waals surface area contributed by atoms with Gasteiger partial charge in [0.25, 0.3) is 11.6 Å². The van der Waals surface area contributed by atoms with E-state index in [1.54, 1.807) is 0 Å². The number of carbonyl (C=O) groups is 1. The summed E-state index contributed by atoms with van der Waals surface area (Å²) in [6.07, 6.45) is 0.908. The number of nitrogens with zero attached hydrogens (tertiary/aromatic N) is 2. The Labute approximate surface area is 123 Å². The van der Waals surface area contributed by atoms with Crippen LogP contribution in [0.15, 0.2) is 47.6 Å². The average Bonchev–Trinajstić information content (AvgIpc) is 2.51. The Kier molecular flexibility index (Phi) is 4.52. The summed E-state index contributed by atoms with van der Waals surface area (Å²) >= 11 is 0. The van der Waals surface area contributed by atoms with E-state index in [0.717, 1.165) is 12.3 Å². The lowest BCUT2D eigenvalue weighted by Crippen LogP contribution is -2.19. The van der Waals surface area contributed by atoms with E-state index in [1.807, 2.05) is 5.43 Å². The molecule has 0 unspecified atom stereocenters. The maximum absolute atomic E-state index is 13.4. The van der Waals surface area contributed by atoms with Crippen LogP contribution < -0.4 is 5.43 Å². The van der Waals surface area contributed by atoms with E-state index >= 15 is 0 Å². The number of benzene rings is 2. The van der Waals surface area contributed by atoms with Gasteiger partial charge < -0.3 is 0 Å². The second-order valence-electron chi connectivity index (χ2n) is 4.12. The highest BCUT2D eigenvalue weighted by molar-refractivity contribution is 5.98. The first-order valence-electron chi connectivity index (χ1n) is 6.01. The Morgan fingerprint density at radius 1 is 1.18 bits per heavy atom. The van der Waals surface area contributed by atoms with E-state index in [0.29, 0.717) is 0 Å². The predicted octanol–water partition coefficient (Wildman–Crippen LogP) is 2.64. The number of hydrogen-bond acceptors (Lipinski definition) is 4. The normalized spacial score (nSPS) is 10.6. The molecule has 2 rings (SSSR count). The number of hydrogen-bond donors (Lipinski definition) is 1. The molecule has 0 heterocycles. The molecule has 0 aliphatic heterocycles. The van der Waals surface area contributed by atoms with Crippen LogP contribution in [0.2, 0.25) is 0 Å². The van der Waals surface area contributed by atoms with E-state index in [2.05, 4.69) is 5.10 Å². The fourth-order valence-corrected chi connectivity index (χ4v) is 1.67. The predicted molar refractivity (Wildman–Crippen MR) is 74.5 cm³/mol. The van der Waals surface area contributed by atoms with Crippen molar-refractivity contribution in [2.75, 3.05) is 0 Å². The zero-order valence-electron chi connectivity index (χ0n) is 11.0. The smallest absolute Gasteiger partial charge is 0.267 e. The van der Waals surface area contributed by atoms with Gasteiger partial charge in [-0.25, -0.2) is 14.2 Å². The van der Waals surface area contributed by atoms with Crippen LogP contribution in [0.5, 0.6) is 0 Å². The molecule has 0 aliphatic carbocycles.